The minimum absolute atomic E-state index is 0.0346. The summed E-state index contributed by atoms with van der Waals surface area (Å²) in [4.78, 5) is 30.2. The second kappa shape index (κ2) is 12.2. The van der Waals surface area contributed by atoms with Crippen LogP contribution in [0.2, 0.25) is 0 Å². The van der Waals surface area contributed by atoms with Gasteiger partial charge >= 0.3 is 5.69 Å². The summed E-state index contributed by atoms with van der Waals surface area (Å²) in [6, 6.07) is 35.7. The predicted molar refractivity (Wildman–Crippen MR) is 172 cm³/mol. The third-order valence-electron chi connectivity index (χ3n) is 8.88. The number of aliphatic hydroxyl groups is 2. The number of nitrogens with one attached hydrogen (secondary N) is 1. The molecule has 1 amide bonds. The number of nitrogens with zero attached hydrogens (tertiary/aromatic N) is 2. The van der Waals surface area contributed by atoms with Gasteiger partial charge in [0.1, 0.15) is 23.8 Å². The maximum atomic E-state index is 13.4. The summed E-state index contributed by atoms with van der Waals surface area (Å²) in [5.41, 5.74) is 1.29. The number of rotatable bonds is 8. The Morgan fingerprint density at radius 2 is 1.44 bits per heavy atom. The van der Waals surface area contributed by atoms with E-state index in [4.69, 9.17) is 4.74 Å². The van der Waals surface area contributed by atoms with Gasteiger partial charge in [-0.2, -0.15) is 4.98 Å². The molecule has 45 heavy (non-hydrogen) atoms. The van der Waals surface area contributed by atoms with Crippen molar-refractivity contribution in [2.45, 2.75) is 43.6 Å². The van der Waals surface area contributed by atoms with E-state index in [1.54, 1.807) is 24.3 Å². The van der Waals surface area contributed by atoms with Gasteiger partial charge in [0, 0.05) is 18.2 Å². The van der Waals surface area contributed by atoms with E-state index in [0.29, 0.717) is 5.56 Å². The molecular weight excluding hydrogens is 566 g/mol. The zero-order valence-corrected chi connectivity index (χ0v) is 25.1. The molecule has 1 aliphatic rings. The van der Waals surface area contributed by atoms with Crippen molar-refractivity contribution in [3.63, 3.8) is 0 Å². The first kappa shape index (κ1) is 30.1. The van der Waals surface area contributed by atoms with Crippen LogP contribution in [-0.2, 0) is 10.2 Å². The van der Waals surface area contributed by atoms with E-state index >= 15 is 0 Å². The molecule has 5 aromatic rings. The van der Waals surface area contributed by atoms with Gasteiger partial charge in [0.15, 0.2) is 0 Å². The first-order chi connectivity index (χ1) is 21.8. The minimum Gasteiger partial charge on any atom is -0.394 e. The van der Waals surface area contributed by atoms with Crippen LogP contribution in [0.4, 0.5) is 5.82 Å². The molecular formula is C37H35N3O5. The number of ether oxygens (including phenoxy) is 1. The SMILES string of the molecule is Cc1ccccc1C(c1ccccc1)(c1ccccc1C)[C@]1(O)C[C@H](n2ccc(NC(=O)c3ccccc3)nc2=O)O[C@@H]1CO. The van der Waals surface area contributed by atoms with E-state index in [-0.39, 0.29) is 12.2 Å². The summed E-state index contributed by atoms with van der Waals surface area (Å²) < 4.78 is 7.67. The zero-order chi connectivity index (χ0) is 31.6. The van der Waals surface area contributed by atoms with Gasteiger partial charge in [0.2, 0.25) is 0 Å². The Bertz CT molecular complexity index is 1830. The number of hydrogen-bond donors (Lipinski definition) is 3. The first-order valence-electron chi connectivity index (χ1n) is 14.9. The molecule has 0 unspecified atom stereocenters. The van der Waals surface area contributed by atoms with Crippen molar-refractivity contribution >= 4 is 11.7 Å². The van der Waals surface area contributed by atoms with Crippen molar-refractivity contribution in [2.24, 2.45) is 0 Å². The molecule has 6 rings (SSSR count). The summed E-state index contributed by atoms with van der Waals surface area (Å²) in [6.07, 6.45) is -0.576. The molecule has 2 heterocycles. The zero-order valence-electron chi connectivity index (χ0n) is 25.1. The smallest absolute Gasteiger partial charge is 0.351 e. The molecule has 1 fully saturated rings. The summed E-state index contributed by atoms with van der Waals surface area (Å²) in [7, 11) is 0. The lowest BCUT2D eigenvalue weighted by Gasteiger charge is -2.49. The van der Waals surface area contributed by atoms with Crippen LogP contribution in [0.5, 0.6) is 0 Å². The Hall–Kier alpha value is -4.89. The van der Waals surface area contributed by atoms with Crippen LogP contribution in [0.25, 0.3) is 0 Å². The monoisotopic (exact) mass is 601 g/mol. The normalized spacial score (nSPS) is 19.7. The Balaban J connectivity index is 1.48. The predicted octanol–water partition coefficient (Wildman–Crippen LogP) is 5.16. The molecule has 0 bridgehead atoms. The summed E-state index contributed by atoms with van der Waals surface area (Å²) in [6.45, 7) is 3.52. The molecule has 8 nitrogen and oxygen atoms in total. The quantitative estimate of drug-likeness (QED) is 0.212. The highest BCUT2D eigenvalue weighted by Gasteiger charge is 2.63. The van der Waals surface area contributed by atoms with Crippen LogP contribution in [0.1, 0.15) is 50.8 Å². The minimum atomic E-state index is -1.73. The van der Waals surface area contributed by atoms with Crippen LogP contribution in [-0.4, -0.2) is 44.0 Å². The molecule has 0 aliphatic carbocycles. The van der Waals surface area contributed by atoms with Crippen LogP contribution in [0, 0.1) is 13.8 Å². The van der Waals surface area contributed by atoms with E-state index in [1.165, 1.54) is 16.8 Å². The fraction of sp³-hybridized carbons (Fsp3) is 0.216. The molecule has 228 valence electrons. The maximum absolute atomic E-state index is 13.4. The largest absolute Gasteiger partial charge is 0.394 e. The average molecular weight is 602 g/mol. The lowest BCUT2D eigenvalue weighted by molar-refractivity contribution is -0.102. The van der Waals surface area contributed by atoms with Crippen molar-refractivity contribution in [1.29, 1.82) is 0 Å². The highest BCUT2D eigenvalue weighted by atomic mass is 16.5. The van der Waals surface area contributed by atoms with Crippen LogP contribution in [0.15, 0.2) is 126 Å². The number of aromatic nitrogens is 2. The van der Waals surface area contributed by atoms with Gasteiger partial charge in [-0.25, -0.2) is 4.79 Å². The number of aryl methyl sites for hydroxylation is 2. The van der Waals surface area contributed by atoms with E-state index in [9.17, 15) is 19.8 Å². The Labute approximate surface area is 261 Å². The van der Waals surface area contributed by atoms with E-state index in [1.807, 2.05) is 98.8 Å². The van der Waals surface area contributed by atoms with Gasteiger partial charge in [0.25, 0.3) is 5.91 Å². The van der Waals surface area contributed by atoms with Gasteiger partial charge in [-0.1, -0.05) is 97.1 Å². The summed E-state index contributed by atoms with van der Waals surface area (Å²) >= 11 is 0. The molecule has 4 aromatic carbocycles. The number of aliphatic hydroxyl groups excluding tert-OH is 1. The molecule has 0 spiro atoms. The molecule has 8 heteroatoms. The van der Waals surface area contributed by atoms with Crippen molar-refractivity contribution in [3.05, 3.63) is 165 Å². The van der Waals surface area contributed by atoms with Crippen molar-refractivity contribution < 1.29 is 19.7 Å². The molecule has 0 radical (unpaired) electrons. The Morgan fingerprint density at radius 3 is 2.00 bits per heavy atom. The molecule has 0 saturated carbocycles. The van der Waals surface area contributed by atoms with Crippen molar-refractivity contribution in [1.82, 2.24) is 9.55 Å². The number of benzene rings is 4. The second-order valence-electron chi connectivity index (χ2n) is 11.5. The number of hydrogen-bond acceptors (Lipinski definition) is 6. The van der Waals surface area contributed by atoms with Gasteiger partial charge in [-0.15, -0.1) is 0 Å². The maximum Gasteiger partial charge on any atom is 0.351 e. The molecule has 1 aromatic heterocycles. The molecule has 3 atom stereocenters. The van der Waals surface area contributed by atoms with Crippen molar-refractivity contribution in [3.8, 4) is 0 Å². The Kier molecular flexibility index (Phi) is 8.20. The molecule has 1 saturated heterocycles. The number of carbonyl (C=O) groups is 1. The highest BCUT2D eigenvalue weighted by Crippen LogP contribution is 2.56. The molecule has 1 aliphatic heterocycles. The Morgan fingerprint density at radius 1 is 0.889 bits per heavy atom. The number of amides is 1. The summed E-state index contributed by atoms with van der Waals surface area (Å²) in [5.74, 6) is -0.299. The molecule has 3 N–H and O–H groups in total. The van der Waals surface area contributed by atoms with Gasteiger partial charge < -0.3 is 20.3 Å². The first-order valence-corrected chi connectivity index (χ1v) is 14.9. The lowest BCUT2D eigenvalue weighted by Crippen LogP contribution is -2.59. The third kappa shape index (κ3) is 5.17. The fourth-order valence-corrected chi connectivity index (χ4v) is 6.83. The number of anilines is 1. The summed E-state index contributed by atoms with van der Waals surface area (Å²) in [5, 5.41) is 26.7. The van der Waals surface area contributed by atoms with Gasteiger partial charge in [-0.05, 0) is 59.9 Å². The van der Waals surface area contributed by atoms with Crippen LogP contribution in [0.3, 0.4) is 0 Å². The van der Waals surface area contributed by atoms with Crippen LogP contribution >= 0.6 is 0 Å². The van der Waals surface area contributed by atoms with Crippen LogP contribution < -0.4 is 11.0 Å². The van der Waals surface area contributed by atoms with Gasteiger partial charge in [-0.3, -0.25) is 9.36 Å². The number of carbonyl (C=O) groups excluding carboxylic acids is 1. The highest BCUT2D eigenvalue weighted by molar-refractivity contribution is 6.03. The van der Waals surface area contributed by atoms with E-state index in [2.05, 4.69) is 10.3 Å². The fourth-order valence-electron chi connectivity index (χ4n) is 6.83. The van der Waals surface area contributed by atoms with Crippen molar-refractivity contribution in [2.75, 3.05) is 11.9 Å². The average Bonchev–Trinajstić information content (AvgIpc) is 3.41. The van der Waals surface area contributed by atoms with Gasteiger partial charge in [0.05, 0.1) is 12.0 Å². The topological polar surface area (TPSA) is 114 Å². The van der Waals surface area contributed by atoms with E-state index < -0.39 is 41.6 Å². The second-order valence-corrected chi connectivity index (χ2v) is 11.5. The lowest BCUT2D eigenvalue weighted by atomic mass is 9.55. The standard InChI is InChI=1S/C37H35N3O5/c1-25-13-9-11-19-29(25)37(28-17-7-4-8-18-28,30-20-12-10-14-26(30)2)36(44)23-33(45-31(36)24-41)40-22-21-32(39-35(40)43)38-34(42)27-15-5-3-6-16-27/h3-22,31,33,41,44H,23-24H2,1-2H3,(H,38,39,42,43)/t31-,33-,36+/m1/s1. The van der Waals surface area contributed by atoms with E-state index in [0.717, 1.165) is 27.8 Å². The third-order valence-corrected chi connectivity index (χ3v) is 8.88.